The molecule has 0 saturated carbocycles. The van der Waals surface area contributed by atoms with Gasteiger partial charge in [0, 0.05) is 0 Å². The van der Waals surface area contributed by atoms with Crippen LogP contribution < -0.4 is 4.72 Å². The molecule has 0 fully saturated rings. The molecule has 1 aromatic rings. The van der Waals surface area contributed by atoms with E-state index in [0.29, 0.717) is 0 Å². The average molecular weight is 282 g/mol. The van der Waals surface area contributed by atoms with Crippen molar-refractivity contribution in [1.29, 1.82) is 0 Å². The fourth-order valence-corrected chi connectivity index (χ4v) is 1.96. The number of sulfonamides is 1. The molecule has 0 radical (unpaired) electrons. The normalized spacial score (nSPS) is 13.1. The topological polar surface area (TPSA) is 83.5 Å². The summed E-state index contributed by atoms with van der Waals surface area (Å²) in [6.45, 7) is 1.01. The Balaban J connectivity index is 2.98. The number of anilines is 1. The largest absolute Gasteiger partial charge is 0.480 e. The summed E-state index contributed by atoms with van der Waals surface area (Å²) in [6.07, 6.45) is 0. The second-order valence-electron chi connectivity index (χ2n) is 3.26. The van der Waals surface area contributed by atoms with Gasteiger partial charge in [-0.1, -0.05) is 11.6 Å². The van der Waals surface area contributed by atoms with Gasteiger partial charge >= 0.3 is 5.97 Å². The van der Waals surface area contributed by atoms with Crippen molar-refractivity contribution in [3.05, 3.63) is 29.0 Å². The van der Waals surface area contributed by atoms with E-state index in [2.05, 4.69) is 0 Å². The summed E-state index contributed by atoms with van der Waals surface area (Å²) in [6, 6.07) is 3.27. The lowest BCUT2D eigenvalue weighted by Crippen LogP contribution is -2.32. The lowest BCUT2D eigenvalue weighted by molar-refractivity contribution is -0.136. The van der Waals surface area contributed by atoms with Crippen LogP contribution in [0.5, 0.6) is 0 Å². The number of nitrogens with one attached hydrogen (secondary N) is 1. The molecule has 0 bridgehead atoms. The smallest absolute Gasteiger partial charge is 0.323 e. The van der Waals surface area contributed by atoms with E-state index in [1.807, 2.05) is 4.72 Å². The van der Waals surface area contributed by atoms with Crippen LogP contribution in [-0.4, -0.2) is 24.7 Å². The summed E-state index contributed by atoms with van der Waals surface area (Å²) in [5, 5.41) is 6.79. The second kappa shape index (κ2) is 4.89. The van der Waals surface area contributed by atoms with Crippen LogP contribution in [0.4, 0.5) is 10.1 Å². The first-order chi connectivity index (χ1) is 7.74. The van der Waals surface area contributed by atoms with E-state index in [1.165, 1.54) is 12.1 Å². The highest BCUT2D eigenvalue weighted by atomic mass is 35.5. The zero-order chi connectivity index (χ0) is 13.2. The third-order valence-corrected chi connectivity index (χ3v) is 3.95. The Bertz CT molecular complexity index is 546. The van der Waals surface area contributed by atoms with Gasteiger partial charge in [0.1, 0.15) is 5.82 Å². The van der Waals surface area contributed by atoms with Crippen LogP contribution in [-0.2, 0) is 14.8 Å². The van der Waals surface area contributed by atoms with Crippen LogP contribution >= 0.6 is 11.6 Å². The highest BCUT2D eigenvalue weighted by Gasteiger charge is 2.27. The minimum absolute atomic E-state index is 0.0833. The number of halogens is 2. The van der Waals surface area contributed by atoms with Gasteiger partial charge in [0.2, 0.25) is 10.0 Å². The van der Waals surface area contributed by atoms with Gasteiger partial charge in [-0.05, 0) is 25.1 Å². The third kappa shape index (κ3) is 3.31. The Hall–Kier alpha value is -1.34. The van der Waals surface area contributed by atoms with Gasteiger partial charge in [0.25, 0.3) is 0 Å². The second-order valence-corrected chi connectivity index (χ2v) is 5.66. The quantitative estimate of drug-likeness (QED) is 0.880. The number of aliphatic carboxylic acids is 1. The molecule has 0 aliphatic heterocycles. The van der Waals surface area contributed by atoms with Crippen molar-refractivity contribution < 1.29 is 22.7 Å². The van der Waals surface area contributed by atoms with E-state index in [0.717, 1.165) is 13.0 Å². The Kier molecular flexibility index (Phi) is 3.94. The van der Waals surface area contributed by atoms with Crippen molar-refractivity contribution in [1.82, 2.24) is 0 Å². The van der Waals surface area contributed by atoms with Gasteiger partial charge in [-0.25, -0.2) is 12.8 Å². The summed E-state index contributed by atoms with van der Waals surface area (Å²) in [5.41, 5.74) is -0.0833. The number of carboxylic acids is 1. The van der Waals surface area contributed by atoms with Crippen molar-refractivity contribution >= 4 is 33.3 Å². The fourth-order valence-electron chi connectivity index (χ4n) is 0.945. The van der Waals surface area contributed by atoms with E-state index < -0.39 is 27.1 Å². The van der Waals surface area contributed by atoms with E-state index in [-0.39, 0.29) is 10.7 Å². The maximum Gasteiger partial charge on any atom is 0.323 e. The number of carbonyl (C=O) groups is 1. The molecular weight excluding hydrogens is 273 g/mol. The average Bonchev–Trinajstić information content (AvgIpc) is 2.22. The highest BCUT2D eigenvalue weighted by Crippen LogP contribution is 2.20. The molecule has 1 aromatic carbocycles. The van der Waals surface area contributed by atoms with Crippen LogP contribution in [0.25, 0.3) is 0 Å². The SMILES string of the molecule is CC(C(=O)O)S(=O)(=O)Nc1ccc(Cl)c(F)c1. The Morgan fingerprint density at radius 3 is 2.59 bits per heavy atom. The first-order valence-electron chi connectivity index (χ1n) is 4.43. The number of hydrogen-bond acceptors (Lipinski definition) is 3. The molecule has 8 heteroatoms. The van der Waals surface area contributed by atoms with Crippen molar-refractivity contribution in [3.63, 3.8) is 0 Å². The molecule has 1 unspecified atom stereocenters. The molecule has 1 rings (SSSR count). The van der Waals surface area contributed by atoms with E-state index in [4.69, 9.17) is 16.7 Å². The van der Waals surface area contributed by atoms with Crippen LogP contribution in [0.3, 0.4) is 0 Å². The Labute approximate surface area is 102 Å². The van der Waals surface area contributed by atoms with Gasteiger partial charge in [0.15, 0.2) is 5.25 Å². The lowest BCUT2D eigenvalue weighted by atomic mass is 10.3. The van der Waals surface area contributed by atoms with Crippen molar-refractivity contribution in [2.45, 2.75) is 12.2 Å². The zero-order valence-corrected chi connectivity index (χ0v) is 10.2. The molecular formula is C9H9ClFNO4S. The number of benzene rings is 1. The van der Waals surface area contributed by atoms with Gasteiger partial charge in [0.05, 0.1) is 10.7 Å². The standard InChI is InChI=1S/C9H9ClFNO4S/c1-5(9(13)14)17(15,16)12-6-2-3-7(10)8(11)4-6/h2-5,12H,1H3,(H,13,14). The monoisotopic (exact) mass is 281 g/mol. The summed E-state index contributed by atoms with van der Waals surface area (Å²) >= 11 is 5.42. The Morgan fingerprint density at radius 1 is 1.53 bits per heavy atom. The molecule has 0 saturated heterocycles. The molecule has 5 nitrogen and oxygen atoms in total. The predicted octanol–water partition coefficient (Wildman–Crippen LogP) is 1.69. The van der Waals surface area contributed by atoms with Crippen LogP contribution in [0.15, 0.2) is 18.2 Å². The van der Waals surface area contributed by atoms with E-state index >= 15 is 0 Å². The third-order valence-electron chi connectivity index (χ3n) is 1.99. The summed E-state index contributed by atoms with van der Waals surface area (Å²) in [5.74, 6) is -2.29. The van der Waals surface area contributed by atoms with Crippen LogP contribution in [0, 0.1) is 5.82 Å². The van der Waals surface area contributed by atoms with E-state index in [9.17, 15) is 17.6 Å². The summed E-state index contributed by atoms with van der Waals surface area (Å²) in [4.78, 5) is 10.5. The van der Waals surface area contributed by atoms with Crippen molar-refractivity contribution in [2.24, 2.45) is 0 Å². The molecule has 0 aromatic heterocycles. The van der Waals surface area contributed by atoms with Crippen molar-refractivity contribution in [3.8, 4) is 0 Å². The molecule has 0 amide bonds. The van der Waals surface area contributed by atoms with Crippen LogP contribution in [0.1, 0.15) is 6.92 Å². The molecule has 2 N–H and O–H groups in total. The predicted molar refractivity (Wildman–Crippen MR) is 61.1 cm³/mol. The summed E-state index contributed by atoms with van der Waals surface area (Å²) in [7, 11) is -4.10. The summed E-state index contributed by atoms with van der Waals surface area (Å²) < 4.78 is 38.0. The number of hydrogen-bond donors (Lipinski definition) is 2. The maximum absolute atomic E-state index is 13.0. The molecule has 17 heavy (non-hydrogen) atoms. The molecule has 94 valence electrons. The zero-order valence-electron chi connectivity index (χ0n) is 8.65. The molecule has 1 atom stereocenters. The molecule has 0 aliphatic rings. The van der Waals surface area contributed by atoms with Gasteiger partial charge in [-0.2, -0.15) is 0 Å². The van der Waals surface area contributed by atoms with E-state index in [1.54, 1.807) is 0 Å². The first-order valence-corrected chi connectivity index (χ1v) is 6.36. The van der Waals surface area contributed by atoms with Crippen LogP contribution in [0.2, 0.25) is 5.02 Å². The van der Waals surface area contributed by atoms with Crippen molar-refractivity contribution in [2.75, 3.05) is 4.72 Å². The van der Waals surface area contributed by atoms with Gasteiger partial charge in [-0.3, -0.25) is 9.52 Å². The highest BCUT2D eigenvalue weighted by molar-refractivity contribution is 7.94. The maximum atomic E-state index is 13.0. The minimum atomic E-state index is -4.10. The van der Waals surface area contributed by atoms with Gasteiger partial charge in [-0.15, -0.1) is 0 Å². The first kappa shape index (κ1) is 13.7. The lowest BCUT2D eigenvalue weighted by Gasteiger charge is -2.11. The van der Waals surface area contributed by atoms with Gasteiger partial charge < -0.3 is 5.11 Å². The number of carboxylic acid groups (broad SMARTS) is 1. The number of rotatable bonds is 4. The Morgan fingerprint density at radius 2 is 2.12 bits per heavy atom. The minimum Gasteiger partial charge on any atom is -0.480 e. The fraction of sp³-hybridized carbons (Fsp3) is 0.222. The molecule has 0 aliphatic carbocycles. The molecule has 0 spiro atoms. The molecule has 0 heterocycles.